The molecule has 2 N–H and O–H groups in total. The molecule has 0 aromatic heterocycles. The van der Waals surface area contributed by atoms with Crippen molar-refractivity contribution in [1.29, 1.82) is 0 Å². The smallest absolute Gasteiger partial charge is 0.339 e. The van der Waals surface area contributed by atoms with Crippen molar-refractivity contribution in [2.75, 3.05) is 33.6 Å². The van der Waals surface area contributed by atoms with Crippen molar-refractivity contribution in [3.63, 3.8) is 0 Å². The van der Waals surface area contributed by atoms with E-state index in [1.807, 2.05) is 18.2 Å². The van der Waals surface area contributed by atoms with E-state index in [2.05, 4.69) is 5.32 Å². The van der Waals surface area contributed by atoms with Gasteiger partial charge in [0, 0.05) is 48.0 Å². The zero-order chi connectivity index (χ0) is 27.9. The van der Waals surface area contributed by atoms with Crippen LogP contribution in [-0.2, 0) is 4.74 Å². The first-order valence-electron chi connectivity index (χ1n) is 10.8. The fourth-order valence-corrected chi connectivity index (χ4v) is 3.93. The largest absolute Gasteiger partial charge is 0.478 e. The van der Waals surface area contributed by atoms with Crippen molar-refractivity contribution in [3.05, 3.63) is 86.4 Å². The molecule has 0 fully saturated rings. The predicted octanol–water partition coefficient (Wildman–Crippen LogP) is 5.70. The molecule has 0 aliphatic carbocycles. The number of carbonyl (C=O) groups excluding carboxylic acids is 3. The van der Waals surface area contributed by atoms with Gasteiger partial charge in [0.1, 0.15) is 0 Å². The molecule has 0 aliphatic heterocycles. The number of aldehydes is 1. The van der Waals surface area contributed by atoms with Crippen LogP contribution in [0.15, 0.2) is 48.5 Å². The second kappa shape index (κ2) is 12.9. The van der Waals surface area contributed by atoms with E-state index in [4.69, 9.17) is 33.0 Å². The SMILES string of the molecule is CNc1cc(-c2ccc(Cl)cc2Cl)ccc1C(=O)OC.Cc1cc(C(=O)N(C)C)c(C=O)cc1C(=O)O. The van der Waals surface area contributed by atoms with Crippen molar-refractivity contribution < 1.29 is 29.0 Å². The Morgan fingerprint density at radius 2 is 1.65 bits per heavy atom. The molecule has 3 aromatic carbocycles. The Labute approximate surface area is 224 Å². The third-order valence-corrected chi connectivity index (χ3v) is 5.87. The topological polar surface area (TPSA) is 113 Å². The van der Waals surface area contributed by atoms with E-state index >= 15 is 0 Å². The number of esters is 1. The van der Waals surface area contributed by atoms with E-state index in [0.717, 1.165) is 11.1 Å². The van der Waals surface area contributed by atoms with Crippen LogP contribution in [0.2, 0.25) is 10.0 Å². The number of nitrogens with zero attached hydrogens (tertiary/aromatic N) is 1. The number of nitrogens with one attached hydrogen (secondary N) is 1. The number of anilines is 1. The minimum atomic E-state index is -1.12. The lowest BCUT2D eigenvalue weighted by molar-refractivity contribution is 0.0600. The lowest BCUT2D eigenvalue weighted by Crippen LogP contribution is -2.23. The molecule has 194 valence electrons. The summed E-state index contributed by atoms with van der Waals surface area (Å²) >= 11 is 12.1. The molecule has 0 atom stereocenters. The number of carboxylic acids is 1. The maximum atomic E-state index is 11.8. The Hall–Kier alpha value is -3.88. The number of halogens is 2. The maximum Gasteiger partial charge on any atom is 0.339 e. The van der Waals surface area contributed by atoms with Gasteiger partial charge >= 0.3 is 11.9 Å². The highest BCUT2D eigenvalue weighted by Crippen LogP contribution is 2.33. The van der Waals surface area contributed by atoms with Crippen LogP contribution in [0.4, 0.5) is 5.69 Å². The van der Waals surface area contributed by atoms with Crippen molar-refractivity contribution in [2.45, 2.75) is 6.92 Å². The molecule has 0 aliphatic rings. The first kappa shape index (κ1) is 29.4. The third-order valence-electron chi connectivity index (χ3n) is 5.33. The van der Waals surface area contributed by atoms with Gasteiger partial charge in [-0.3, -0.25) is 9.59 Å². The summed E-state index contributed by atoms with van der Waals surface area (Å²) in [5, 5.41) is 13.0. The summed E-state index contributed by atoms with van der Waals surface area (Å²) in [7, 11) is 6.23. The number of benzene rings is 3. The molecule has 3 rings (SSSR count). The van der Waals surface area contributed by atoms with E-state index in [1.165, 1.54) is 24.1 Å². The van der Waals surface area contributed by atoms with Crippen LogP contribution in [0.1, 0.15) is 47.0 Å². The van der Waals surface area contributed by atoms with Crippen LogP contribution >= 0.6 is 23.2 Å². The van der Waals surface area contributed by atoms with Gasteiger partial charge in [0.05, 0.1) is 23.8 Å². The molecule has 3 aromatic rings. The van der Waals surface area contributed by atoms with E-state index in [-0.39, 0.29) is 28.6 Å². The average Bonchev–Trinajstić information content (AvgIpc) is 2.87. The Balaban J connectivity index is 0.000000264. The van der Waals surface area contributed by atoms with Crippen molar-refractivity contribution in [2.24, 2.45) is 0 Å². The van der Waals surface area contributed by atoms with Crippen molar-refractivity contribution in [1.82, 2.24) is 4.90 Å². The highest BCUT2D eigenvalue weighted by atomic mass is 35.5. The number of carboxylic acid groups (broad SMARTS) is 1. The van der Waals surface area contributed by atoms with Crippen LogP contribution in [0.25, 0.3) is 11.1 Å². The minimum Gasteiger partial charge on any atom is -0.478 e. The summed E-state index contributed by atoms with van der Waals surface area (Å²) in [6.07, 6.45) is 0.489. The number of methoxy groups -OCH3 is 1. The summed E-state index contributed by atoms with van der Waals surface area (Å²) in [5.74, 6) is -1.83. The van der Waals surface area contributed by atoms with Gasteiger partial charge in [-0.25, -0.2) is 9.59 Å². The molecule has 0 unspecified atom stereocenters. The number of aromatic carboxylic acids is 1. The van der Waals surface area contributed by atoms with Gasteiger partial charge in [-0.1, -0.05) is 35.3 Å². The van der Waals surface area contributed by atoms with Crippen LogP contribution in [0.3, 0.4) is 0 Å². The number of amides is 1. The molecule has 0 saturated carbocycles. The molecule has 0 heterocycles. The Morgan fingerprint density at radius 3 is 2.16 bits per heavy atom. The van der Waals surface area contributed by atoms with Gasteiger partial charge in [0.15, 0.2) is 6.29 Å². The molecule has 37 heavy (non-hydrogen) atoms. The quantitative estimate of drug-likeness (QED) is 0.302. The van der Waals surface area contributed by atoms with E-state index in [1.54, 1.807) is 46.3 Å². The monoisotopic (exact) mass is 544 g/mol. The lowest BCUT2D eigenvalue weighted by Gasteiger charge is -2.13. The fourth-order valence-electron chi connectivity index (χ4n) is 3.41. The first-order valence-corrected chi connectivity index (χ1v) is 11.6. The van der Waals surface area contributed by atoms with Crippen LogP contribution in [0, 0.1) is 6.92 Å². The minimum absolute atomic E-state index is 0.0300. The summed E-state index contributed by atoms with van der Waals surface area (Å²) in [6, 6.07) is 13.3. The first-order chi connectivity index (χ1) is 17.4. The molecule has 8 nitrogen and oxygen atoms in total. The number of rotatable bonds is 6. The second-order valence-electron chi connectivity index (χ2n) is 8.00. The highest BCUT2D eigenvalue weighted by Gasteiger charge is 2.18. The molecule has 1 amide bonds. The molecule has 10 heteroatoms. The number of aryl methyl sites for hydroxylation is 1. The standard InChI is InChI=1S/C15H13Cl2NO2.C12H13NO4/c1-18-14-7-9(3-5-12(14)15(19)20-2)11-6-4-10(16)8-13(11)17;1-7-4-10(11(15)13(2)3)8(6-14)5-9(7)12(16)17/h3-8,18H,1-2H3;4-6H,1-3H3,(H,16,17). The van der Waals surface area contributed by atoms with Gasteiger partial charge in [-0.15, -0.1) is 0 Å². The second-order valence-corrected chi connectivity index (χ2v) is 8.85. The van der Waals surface area contributed by atoms with E-state index < -0.39 is 5.97 Å². The Bertz CT molecular complexity index is 1350. The van der Waals surface area contributed by atoms with E-state index in [9.17, 15) is 19.2 Å². The zero-order valence-electron chi connectivity index (χ0n) is 20.9. The number of carbonyl (C=O) groups is 4. The van der Waals surface area contributed by atoms with Crippen LogP contribution in [0.5, 0.6) is 0 Å². The third kappa shape index (κ3) is 7.09. The van der Waals surface area contributed by atoms with E-state index in [0.29, 0.717) is 33.1 Å². The van der Waals surface area contributed by atoms with Gasteiger partial charge in [-0.05, 0) is 54.4 Å². The van der Waals surface area contributed by atoms with Gasteiger partial charge in [0.25, 0.3) is 5.91 Å². The summed E-state index contributed by atoms with van der Waals surface area (Å²) in [5.41, 5.74) is 3.69. The van der Waals surface area contributed by atoms with Gasteiger partial charge in [-0.2, -0.15) is 0 Å². The Morgan fingerprint density at radius 1 is 0.973 bits per heavy atom. The lowest BCUT2D eigenvalue weighted by atomic mass is 9.99. The average molecular weight is 545 g/mol. The summed E-state index contributed by atoms with van der Waals surface area (Å²) < 4.78 is 4.74. The van der Waals surface area contributed by atoms with Crippen LogP contribution < -0.4 is 5.32 Å². The normalized spacial score (nSPS) is 10.0. The summed E-state index contributed by atoms with van der Waals surface area (Å²) in [4.78, 5) is 46.5. The highest BCUT2D eigenvalue weighted by molar-refractivity contribution is 6.36. The predicted molar refractivity (Wildman–Crippen MR) is 144 cm³/mol. The number of hydrogen-bond acceptors (Lipinski definition) is 6. The van der Waals surface area contributed by atoms with Gasteiger partial charge in [0.2, 0.25) is 0 Å². The van der Waals surface area contributed by atoms with Crippen molar-refractivity contribution >= 4 is 53.0 Å². The molecular weight excluding hydrogens is 519 g/mol. The fraction of sp³-hybridized carbons (Fsp3) is 0.185. The zero-order valence-corrected chi connectivity index (χ0v) is 22.4. The number of ether oxygens (including phenoxy) is 1. The Kier molecular flexibility index (Phi) is 10.2. The van der Waals surface area contributed by atoms with Gasteiger partial charge < -0.3 is 20.1 Å². The molecule has 0 spiro atoms. The maximum absolute atomic E-state index is 11.8. The molecule has 0 saturated heterocycles. The molecule has 0 radical (unpaired) electrons. The molecule has 0 bridgehead atoms. The summed E-state index contributed by atoms with van der Waals surface area (Å²) in [6.45, 7) is 1.59. The molecular formula is C27H26Cl2N2O6. The van der Waals surface area contributed by atoms with Crippen molar-refractivity contribution in [3.8, 4) is 11.1 Å². The van der Waals surface area contributed by atoms with Crippen LogP contribution in [-0.4, -0.2) is 62.4 Å². The number of hydrogen-bond donors (Lipinski definition) is 2.